The fraction of sp³-hybridized carbons (Fsp3) is 0.897. The maximum atomic E-state index is 10.1. The van der Waals surface area contributed by atoms with Gasteiger partial charge in [-0.05, 0) is 59.2 Å². The molecule has 2 atom stereocenters. The van der Waals surface area contributed by atoms with Gasteiger partial charge in [0.1, 0.15) is 0 Å². The third-order valence-corrected chi connectivity index (χ3v) is 7.94. The molecular weight excluding hydrogens is 362 g/mol. The fourth-order valence-electron chi connectivity index (χ4n) is 4.16. The number of nitriles is 1. The minimum atomic E-state index is 0.109. The molecule has 2 unspecified atom stereocenters. The molecule has 0 aliphatic rings. The van der Waals surface area contributed by atoms with Crippen LogP contribution in [-0.4, -0.2) is 0 Å². The maximum absolute atomic E-state index is 10.1. The third-order valence-electron chi connectivity index (χ3n) is 7.94. The second kappa shape index (κ2) is 11.7. The van der Waals surface area contributed by atoms with Crippen LogP contribution in [0.3, 0.4) is 0 Å². The molecule has 0 aliphatic carbocycles. The van der Waals surface area contributed by atoms with Crippen LogP contribution in [0.2, 0.25) is 0 Å². The molecule has 0 bridgehead atoms. The third kappa shape index (κ3) is 10.5. The van der Waals surface area contributed by atoms with Gasteiger partial charge in [0.25, 0.3) is 0 Å². The first-order chi connectivity index (χ1) is 13.5. The van der Waals surface area contributed by atoms with Crippen molar-refractivity contribution in [3.63, 3.8) is 0 Å². The average molecular weight is 418 g/mol. The monoisotopic (exact) mass is 417 g/mol. The van der Waals surface area contributed by atoms with Gasteiger partial charge in [-0.2, -0.15) is 5.26 Å². The number of unbranched alkanes of at least 4 members (excludes halogenated alkanes) is 1. The molecule has 0 heterocycles. The Morgan fingerprint density at radius 2 is 1.30 bits per heavy atom. The van der Waals surface area contributed by atoms with Gasteiger partial charge < -0.3 is 0 Å². The van der Waals surface area contributed by atoms with Crippen molar-refractivity contribution >= 4 is 0 Å². The average Bonchev–Trinajstić information content (AvgIpc) is 2.58. The minimum absolute atomic E-state index is 0.109. The number of nitrogens with zero attached hydrogens (tertiary/aromatic N) is 1. The summed E-state index contributed by atoms with van der Waals surface area (Å²) >= 11 is 0. The number of hydrogen-bond acceptors (Lipinski definition) is 1. The lowest BCUT2D eigenvalue weighted by Crippen LogP contribution is -2.37. The predicted molar refractivity (Wildman–Crippen MR) is 135 cm³/mol. The Labute approximate surface area is 191 Å². The van der Waals surface area contributed by atoms with Gasteiger partial charge in [0.15, 0.2) is 0 Å². The lowest BCUT2D eigenvalue weighted by molar-refractivity contribution is 0.0568. The van der Waals surface area contributed by atoms with Gasteiger partial charge in [0.05, 0.1) is 6.07 Å². The first-order valence-electron chi connectivity index (χ1n) is 12.5. The normalized spacial score (nSPS) is 16.1. The summed E-state index contributed by atoms with van der Waals surface area (Å²) in [6.45, 7) is 28.1. The van der Waals surface area contributed by atoms with Crippen molar-refractivity contribution in [2.24, 2.45) is 39.4 Å². The van der Waals surface area contributed by atoms with E-state index in [0.717, 1.165) is 25.2 Å². The molecule has 176 valence electrons. The van der Waals surface area contributed by atoms with Crippen molar-refractivity contribution in [2.75, 3.05) is 0 Å². The summed E-state index contributed by atoms with van der Waals surface area (Å²) in [5, 5.41) is 10.1. The zero-order chi connectivity index (χ0) is 23.8. The standard InChI is InChI=1S/C29H55N/c1-23(2)17-13-14-19-27(7,8)24(3)25(22-30)21-29(11,12)28(9,10)20-16-15-18-26(4,5)6/h15-16,23-25H,13-14,17-21H2,1-12H3/b16-15-. The Morgan fingerprint density at radius 1 is 0.767 bits per heavy atom. The van der Waals surface area contributed by atoms with Gasteiger partial charge in [-0.25, -0.2) is 0 Å². The predicted octanol–water partition coefficient (Wildman–Crippen LogP) is 9.83. The Hall–Kier alpha value is -0.770. The van der Waals surface area contributed by atoms with Crippen LogP contribution < -0.4 is 0 Å². The topological polar surface area (TPSA) is 23.8 Å². The maximum Gasteiger partial charge on any atom is 0.0659 e. The highest BCUT2D eigenvalue weighted by Gasteiger charge is 2.41. The molecule has 0 amide bonds. The van der Waals surface area contributed by atoms with Gasteiger partial charge >= 0.3 is 0 Å². The lowest BCUT2D eigenvalue weighted by atomic mass is 9.59. The molecule has 0 saturated heterocycles. The van der Waals surface area contributed by atoms with E-state index in [4.69, 9.17) is 0 Å². The van der Waals surface area contributed by atoms with E-state index in [1.54, 1.807) is 0 Å². The van der Waals surface area contributed by atoms with Crippen molar-refractivity contribution in [3.05, 3.63) is 12.2 Å². The molecule has 0 aromatic carbocycles. The second-order valence-corrected chi connectivity index (χ2v) is 13.6. The van der Waals surface area contributed by atoms with Crippen molar-refractivity contribution in [1.29, 1.82) is 5.26 Å². The largest absolute Gasteiger partial charge is 0.198 e. The van der Waals surface area contributed by atoms with E-state index < -0.39 is 0 Å². The zero-order valence-electron chi connectivity index (χ0n) is 22.8. The van der Waals surface area contributed by atoms with E-state index in [-0.39, 0.29) is 22.2 Å². The van der Waals surface area contributed by atoms with E-state index in [2.05, 4.69) is 101 Å². The van der Waals surface area contributed by atoms with Crippen LogP contribution in [-0.2, 0) is 0 Å². The Kier molecular flexibility index (Phi) is 11.4. The molecule has 0 N–H and O–H groups in total. The van der Waals surface area contributed by atoms with E-state index >= 15 is 0 Å². The molecule has 0 aromatic rings. The molecule has 0 aromatic heterocycles. The quantitative estimate of drug-likeness (QED) is 0.216. The molecule has 1 heteroatoms. The van der Waals surface area contributed by atoms with Crippen LogP contribution in [0, 0.1) is 50.7 Å². The summed E-state index contributed by atoms with van der Waals surface area (Å²) in [5.74, 6) is 1.31. The summed E-state index contributed by atoms with van der Waals surface area (Å²) in [5.41, 5.74) is 0.835. The number of rotatable bonds is 13. The van der Waals surface area contributed by atoms with Gasteiger partial charge in [-0.15, -0.1) is 0 Å². The zero-order valence-corrected chi connectivity index (χ0v) is 22.8. The Balaban J connectivity index is 5.06. The van der Waals surface area contributed by atoms with Crippen LogP contribution in [0.1, 0.15) is 128 Å². The SMILES string of the molecule is CC(C)CCCCC(C)(C)C(C)C(C#N)CC(C)(C)C(C)(C)C/C=C\CC(C)(C)C. The smallest absolute Gasteiger partial charge is 0.0659 e. The van der Waals surface area contributed by atoms with Crippen LogP contribution >= 0.6 is 0 Å². The highest BCUT2D eigenvalue weighted by molar-refractivity contribution is 5.01. The van der Waals surface area contributed by atoms with Crippen molar-refractivity contribution in [2.45, 2.75) is 128 Å². The first kappa shape index (κ1) is 29.2. The van der Waals surface area contributed by atoms with Gasteiger partial charge in [0, 0.05) is 5.92 Å². The van der Waals surface area contributed by atoms with Crippen molar-refractivity contribution < 1.29 is 0 Å². The first-order valence-corrected chi connectivity index (χ1v) is 12.5. The highest BCUT2D eigenvalue weighted by Crippen LogP contribution is 2.49. The summed E-state index contributed by atoms with van der Waals surface area (Å²) in [4.78, 5) is 0. The summed E-state index contributed by atoms with van der Waals surface area (Å²) < 4.78 is 0. The fourth-order valence-corrected chi connectivity index (χ4v) is 4.16. The van der Waals surface area contributed by atoms with Crippen LogP contribution in [0.4, 0.5) is 0 Å². The molecule has 0 saturated carbocycles. The van der Waals surface area contributed by atoms with Crippen LogP contribution in [0.25, 0.3) is 0 Å². The second-order valence-electron chi connectivity index (χ2n) is 13.6. The molecule has 0 aliphatic heterocycles. The summed E-state index contributed by atoms with van der Waals surface area (Å²) in [6.07, 6.45) is 13.0. The van der Waals surface area contributed by atoms with Gasteiger partial charge in [-0.3, -0.25) is 0 Å². The number of allylic oxidation sites excluding steroid dienone is 2. The minimum Gasteiger partial charge on any atom is -0.198 e. The molecular formula is C29H55N. The number of hydrogen-bond donors (Lipinski definition) is 0. The Morgan fingerprint density at radius 3 is 1.77 bits per heavy atom. The van der Waals surface area contributed by atoms with Crippen molar-refractivity contribution in [3.8, 4) is 6.07 Å². The van der Waals surface area contributed by atoms with Crippen molar-refractivity contribution in [1.82, 2.24) is 0 Å². The van der Waals surface area contributed by atoms with E-state index in [9.17, 15) is 5.26 Å². The summed E-state index contributed by atoms with van der Waals surface area (Å²) in [7, 11) is 0. The van der Waals surface area contributed by atoms with E-state index in [1.165, 1.54) is 25.7 Å². The molecule has 0 fully saturated rings. The van der Waals surface area contributed by atoms with E-state index in [1.807, 2.05) is 0 Å². The molecule has 0 radical (unpaired) electrons. The van der Waals surface area contributed by atoms with Crippen LogP contribution in [0.5, 0.6) is 0 Å². The van der Waals surface area contributed by atoms with Gasteiger partial charge in [-0.1, -0.05) is 114 Å². The lowest BCUT2D eigenvalue weighted by Gasteiger charge is -2.45. The van der Waals surface area contributed by atoms with Gasteiger partial charge in [0.2, 0.25) is 0 Å². The molecule has 0 spiro atoms. The highest BCUT2D eigenvalue weighted by atomic mass is 14.5. The molecule has 30 heavy (non-hydrogen) atoms. The molecule has 0 rings (SSSR count). The van der Waals surface area contributed by atoms with Crippen LogP contribution in [0.15, 0.2) is 12.2 Å². The summed E-state index contributed by atoms with van der Waals surface area (Å²) in [6, 6.07) is 2.71. The molecule has 1 nitrogen and oxygen atoms in total. The van der Waals surface area contributed by atoms with E-state index in [0.29, 0.717) is 11.3 Å². The Bertz CT molecular complexity index is 548.